The quantitative estimate of drug-likeness (QED) is 0.0409. The summed E-state index contributed by atoms with van der Waals surface area (Å²) < 4.78 is 10.5. The van der Waals surface area contributed by atoms with E-state index in [1.807, 2.05) is 6.08 Å². The van der Waals surface area contributed by atoms with Gasteiger partial charge in [0, 0.05) is 12.8 Å². The normalized spacial score (nSPS) is 13.8. The Bertz CT molecular complexity index is 664. The van der Waals surface area contributed by atoms with Crippen LogP contribution >= 0.6 is 0 Å². The second kappa shape index (κ2) is 30.6. The number of hydrogen-bond acceptors (Lipinski definition) is 7. The second-order valence-corrected chi connectivity index (χ2v) is 12.7. The van der Waals surface area contributed by atoms with Crippen LogP contribution < -0.4 is 0 Å². The van der Waals surface area contributed by atoms with Gasteiger partial charge in [-0.3, -0.25) is 9.59 Å². The summed E-state index contributed by atoms with van der Waals surface area (Å²) in [6.07, 6.45) is 24.4. The summed E-state index contributed by atoms with van der Waals surface area (Å²) in [6, 6.07) is 0. The number of ether oxygens (including phenoxy) is 2. The first-order valence-corrected chi connectivity index (χ1v) is 17.8. The first-order chi connectivity index (χ1) is 20.8. The lowest BCUT2D eigenvalue weighted by molar-refractivity contribution is -0.161. The van der Waals surface area contributed by atoms with Crippen LogP contribution in [-0.2, 0) is 19.1 Å². The maximum atomic E-state index is 12.1. The molecule has 0 saturated heterocycles. The van der Waals surface area contributed by atoms with Crippen LogP contribution in [0, 0.1) is 5.92 Å². The molecule has 0 aliphatic heterocycles. The van der Waals surface area contributed by atoms with Gasteiger partial charge in [-0.25, -0.2) is 0 Å². The highest BCUT2D eigenvalue weighted by Gasteiger charge is 2.16. The van der Waals surface area contributed by atoms with Crippen LogP contribution in [0.3, 0.4) is 0 Å². The molecule has 0 bridgehead atoms. The van der Waals surface area contributed by atoms with Gasteiger partial charge in [0.25, 0.3) is 0 Å². The van der Waals surface area contributed by atoms with Gasteiger partial charge in [0.2, 0.25) is 0 Å². The van der Waals surface area contributed by atoms with E-state index in [0.29, 0.717) is 25.7 Å². The smallest absolute Gasteiger partial charge is 0.306 e. The molecule has 0 unspecified atom stereocenters. The molecule has 0 amide bonds. The molecule has 0 heterocycles. The van der Waals surface area contributed by atoms with E-state index >= 15 is 0 Å². The van der Waals surface area contributed by atoms with Crippen molar-refractivity contribution in [1.29, 1.82) is 0 Å². The van der Waals surface area contributed by atoms with Crippen molar-refractivity contribution in [1.82, 2.24) is 0 Å². The van der Waals surface area contributed by atoms with Crippen LogP contribution in [0.4, 0.5) is 0 Å². The highest BCUT2D eigenvalue weighted by Crippen LogP contribution is 2.15. The molecule has 0 fully saturated rings. The largest absolute Gasteiger partial charge is 0.462 e. The van der Waals surface area contributed by atoms with Gasteiger partial charge >= 0.3 is 11.9 Å². The number of aliphatic hydroxyl groups excluding tert-OH is 3. The fraction of sp³-hybridized carbons (Fsp3) is 0.889. The number of rotatable bonds is 31. The Kier molecular flexibility index (Phi) is 29.6. The minimum atomic E-state index is -0.814. The Hall–Kier alpha value is -1.44. The van der Waals surface area contributed by atoms with Gasteiger partial charge in [-0.1, -0.05) is 129 Å². The lowest BCUT2D eigenvalue weighted by Crippen LogP contribution is -2.28. The Balaban J connectivity index is 3.71. The Morgan fingerprint density at radius 2 is 1.19 bits per heavy atom. The Morgan fingerprint density at radius 1 is 0.651 bits per heavy atom. The average Bonchev–Trinajstić information content (AvgIpc) is 2.98. The van der Waals surface area contributed by atoms with E-state index < -0.39 is 18.3 Å². The number of allylic oxidation sites excluding steroid dienone is 1. The van der Waals surface area contributed by atoms with E-state index in [2.05, 4.69) is 26.8 Å². The standard InChI is InChI=1S/C36H68O7/c1-4-5-6-7-15-20-25-33(38)34(39)26-21-16-13-18-22-27-35(40)42-30-32(29-37)43-36(41)28-23-17-12-10-8-9-11-14-19-24-31(2)3/h15,20,31-34,37-39H,4-14,16-19,21-30H2,1-3H3/b20-15-/t32-,33+,34+/m0/s1. The molecule has 7 heteroatoms. The van der Waals surface area contributed by atoms with E-state index in [9.17, 15) is 24.9 Å². The predicted octanol–water partition coefficient (Wildman–Crippen LogP) is 8.36. The zero-order valence-corrected chi connectivity index (χ0v) is 28.1. The van der Waals surface area contributed by atoms with Gasteiger partial charge < -0.3 is 24.8 Å². The summed E-state index contributed by atoms with van der Waals surface area (Å²) in [5.74, 6) is 0.103. The van der Waals surface area contributed by atoms with Crippen molar-refractivity contribution in [2.45, 2.75) is 187 Å². The fourth-order valence-electron chi connectivity index (χ4n) is 5.05. The minimum absolute atomic E-state index is 0.119. The van der Waals surface area contributed by atoms with E-state index in [4.69, 9.17) is 9.47 Å². The molecule has 0 aliphatic carbocycles. The number of carbonyl (C=O) groups excluding carboxylic acids is 2. The molecule has 3 N–H and O–H groups in total. The number of hydrogen-bond donors (Lipinski definition) is 3. The lowest BCUT2D eigenvalue weighted by Gasteiger charge is -2.16. The van der Waals surface area contributed by atoms with Crippen molar-refractivity contribution in [2.24, 2.45) is 5.92 Å². The SMILES string of the molecule is CCCCC/C=C\C[C@@H](O)[C@H](O)CCCCCCCC(=O)OC[C@H](CO)OC(=O)CCCCCCCCCCCC(C)C. The summed E-state index contributed by atoms with van der Waals surface area (Å²) in [5.41, 5.74) is 0. The van der Waals surface area contributed by atoms with Crippen molar-refractivity contribution in [2.75, 3.05) is 13.2 Å². The molecule has 0 radical (unpaired) electrons. The van der Waals surface area contributed by atoms with E-state index in [-0.39, 0.29) is 31.6 Å². The number of unbranched alkanes of at least 4 members (excludes halogenated alkanes) is 15. The third-order valence-electron chi connectivity index (χ3n) is 7.94. The number of carbonyl (C=O) groups is 2. The van der Waals surface area contributed by atoms with Gasteiger partial charge in [0.1, 0.15) is 6.61 Å². The lowest BCUT2D eigenvalue weighted by atomic mass is 10.0. The zero-order chi connectivity index (χ0) is 32.0. The summed E-state index contributed by atoms with van der Waals surface area (Å²) in [6.45, 7) is 6.25. The van der Waals surface area contributed by atoms with E-state index in [1.165, 1.54) is 64.2 Å². The summed E-state index contributed by atoms with van der Waals surface area (Å²) >= 11 is 0. The van der Waals surface area contributed by atoms with Crippen molar-refractivity contribution in [3.8, 4) is 0 Å². The van der Waals surface area contributed by atoms with Crippen LogP contribution in [0.1, 0.15) is 168 Å². The minimum Gasteiger partial charge on any atom is -0.462 e. The molecule has 0 aromatic carbocycles. The maximum absolute atomic E-state index is 12.1. The molecule has 7 nitrogen and oxygen atoms in total. The molecule has 0 aliphatic rings. The van der Waals surface area contributed by atoms with Crippen LogP contribution in [0.5, 0.6) is 0 Å². The third-order valence-corrected chi connectivity index (χ3v) is 7.94. The topological polar surface area (TPSA) is 113 Å². The fourth-order valence-corrected chi connectivity index (χ4v) is 5.05. The van der Waals surface area contributed by atoms with Gasteiger partial charge in [0.15, 0.2) is 6.10 Å². The van der Waals surface area contributed by atoms with Crippen molar-refractivity contribution in [3.63, 3.8) is 0 Å². The molecular formula is C36H68O7. The molecule has 0 saturated carbocycles. The van der Waals surface area contributed by atoms with E-state index in [1.54, 1.807) is 0 Å². The zero-order valence-electron chi connectivity index (χ0n) is 28.1. The van der Waals surface area contributed by atoms with Crippen LogP contribution in [0.25, 0.3) is 0 Å². The van der Waals surface area contributed by atoms with Crippen LogP contribution in [0.15, 0.2) is 12.2 Å². The predicted molar refractivity (Wildman–Crippen MR) is 176 cm³/mol. The molecule has 0 spiro atoms. The molecule has 43 heavy (non-hydrogen) atoms. The number of esters is 2. The van der Waals surface area contributed by atoms with Gasteiger partial charge in [-0.05, 0) is 44.4 Å². The first kappa shape index (κ1) is 41.6. The van der Waals surface area contributed by atoms with Gasteiger partial charge in [0.05, 0.1) is 18.8 Å². The highest BCUT2D eigenvalue weighted by molar-refractivity contribution is 5.70. The van der Waals surface area contributed by atoms with Crippen molar-refractivity contribution >= 4 is 11.9 Å². The van der Waals surface area contributed by atoms with Crippen molar-refractivity contribution < 1.29 is 34.4 Å². The summed E-state index contributed by atoms with van der Waals surface area (Å²) in [7, 11) is 0. The van der Waals surface area contributed by atoms with Gasteiger partial charge in [-0.15, -0.1) is 0 Å². The highest BCUT2D eigenvalue weighted by atomic mass is 16.6. The average molecular weight is 613 g/mol. The Labute approximate surface area is 264 Å². The monoisotopic (exact) mass is 612 g/mol. The molecule has 0 aromatic heterocycles. The summed E-state index contributed by atoms with van der Waals surface area (Å²) in [5, 5.41) is 29.7. The molecular weight excluding hydrogens is 544 g/mol. The molecule has 3 atom stereocenters. The van der Waals surface area contributed by atoms with Crippen LogP contribution in [0.2, 0.25) is 0 Å². The number of aliphatic hydroxyl groups is 3. The van der Waals surface area contributed by atoms with Crippen molar-refractivity contribution in [3.05, 3.63) is 12.2 Å². The molecule has 254 valence electrons. The second-order valence-electron chi connectivity index (χ2n) is 12.7. The van der Waals surface area contributed by atoms with Crippen LogP contribution in [-0.4, -0.2) is 58.8 Å². The third kappa shape index (κ3) is 29.1. The Morgan fingerprint density at radius 3 is 1.74 bits per heavy atom. The van der Waals surface area contributed by atoms with E-state index in [0.717, 1.165) is 57.3 Å². The van der Waals surface area contributed by atoms with Gasteiger partial charge in [-0.2, -0.15) is 0 Å². The first-order valence-electron chi connectivity index (χ1n) is 17.8. The molecule has 0 rings (SSSR count). The molecule has 0 aromatic rings. The maximum Gasteiger partial charge on any atom is 0.306 e. The summed E-state index contributed by atoms with van der Waals surface area (Å²) in [4.78, 5) is 24.2.